The first-order chi connectivity index (χ1) is 13.6. The normalized spacial score (nSPS) is 22.1. The SMILES string of the molecule is O=C(CN1C(=O)[C@H]2CCCC[C@H]2C1=O)Nc1nc2c(ccc3ccccc32)s1. The van der Waals surface area contributed by atoms with E-state index in [1.54, 1.807) is 0 Å². The van der Waals surface area contributed by atoms with E-state index in [1.165, 1.54) is 11.3 Å². The Balaban J connectivity index is 1.35. The molecule has 0 bridgehead atoms. The van der Waals surface area contributed by atoms with E-state index < -0.39 is 0 Å². The summed E-state index contributed by atoms with van der Waals surface area (Å²) >= 11 is 1.39. The lowest BCUT2D eigenvalue weighted by Gasteiger charge is -2.19. The largest absolute Gasteiger partial charge is 0.300 e. The molecule has 0 radical (unpaired) electrons. The van der Waals surface area contributed by atoms with Crippen molar-refractivity contribution in [1.82, 2.24) is 9.88 Å². The smallest absolute Gasteiger partial charge is 0.246 e. The van der Waals surface area contributed by atoms with Gasteiger partial charge in [0.15, 0.2) is 5.13 Å². The molecule has 3 amide bonds. The van der Waals surface area contributed by atoms with E-state index in [0.717, 1.165) is 51.6 Å². The molecular formula is C21H19N3O3S. The lowest BCUT2D eigenvalue weighted by Crippen LogP contribution is -2.38. The van der Waals surface area contributed by atoms with Gasteiger partial charge in [-0.1, -0.05) is 54.5 Å². The van der Waals surface area contributed by atoms with Crippen LogP contribution >= 0.6 is 11.3 Å². The molecule has 1 aliphatic carbocycles. The van der Waals surface area contributed by atoms with Gasteiger partial charge in [0.2, 0.25) is 17.7 Å². The number of anilines is 1. The Bertz CT molecular complexity index is 1100. The fourth-order valence-electron chi connectivity index (χ4n) is 4.40. The second-order valence-corrected chi connectivity index (χ2v) is 8.49. The van der Waals surface area contributed by atoms with Gasteiger partial charge in [0.05, 0.1) is 22.1 Å². The molecule has 1 N–H and O–H groups in total. The van der Waals surface area contributed by atoms with E-state index in [1.807, 2.05) is 36.4 Å². The molecule has 1 saturated carbocycles. The minimum Gasteiger partial charge on any atom is -0.300 e. The van der Waals surface area contributed by atoms with Gasteiger partial charge in [-0.15, -0.1) is 0 Å². The number of benzene rings is 2. The zero-order valence-electron chi connectivity index (χ0n) is 15.2. The number of fused-ring (bicyclic) bond motifs is 4. The summed E-state index contributed by atoms with van der Waals surface area (Å²) in [5.74, 6) is -1.24. The van der Waals surface area contributed by atoms with Crippen LogP contribution < -0.4 is 5.32 Å². The molecule has 7 heteroatoms. The van der Waals surface area contributed by atoms with Crippen LogP contribution in [0, 0.1) is 11.8 Å². The zero-order chi connectivity index (χ0) is 19.3. The van der Waals surface area contributed by atoms with Crippen LogP contribution in [0.2, 0.25) is 0 Å². The van der Waals surface area contributed by atoms with Crippen LogP contribution in [0.25, 0.3) is 21.0 Å². The minimum atomic E-state index is -0.385. The van der Waals surface area contributed by atoms with Crippen molar-refractivity contribution in [3.05, 3.63) is 36.4 Å². The number of aromatic nitrogens is 1. The summed E-state index contributed by atoms with van der Waals surface area (Å²) < 4.78 is 0.980. The Hall–Kier alpha value is -2.80. The van der Waals surface area contributed by atoms with Crippen molar-refractivity contribution >= 4 is 55.2 Å². The average Bonchev–Trinajstić information content (AvgIpc) is 3.23. The first-order valence-electron chi connectivity index (χ1n) is 9.55. The Kier molecular flexibility index (Phi) is 4.12. The number of likely N-dealkylation sites (tertiary alicyclic amines) is 1. The molecule has 1 saturated heterocycles. The van der Waals surface area contributed by atoms with Crippen LogP contribution in [0.3, 0.4) is 0 Å². The highest BCUT2D eigenvalue weighted by Crippen LogP contribution is 2.38. The minimum absolute atomic E-state index is 0.194. The van der Waals surface area contributed by atoms with E-state index in [2.05, 4.69) is 10.3 Å². The van der Waals surface area contributed by atoms with Crippen LogP contribution in [0.1, 0.15) is 25.7 Å². The van der Waals surface area contributed by atoms with E-state index >= 15 is 0 Å². The monoisotopic (exact) mass is 393 g/mol. The topological polar surface area (TPSA) is 79.4 Å². The Morgan fingerprint density at radius 3 is 2.54 bits per heavy atom. The average molecular weight is 393 g/mol. The lowest BCUT2D eigenvalue weighted by molar-refractivity contribution is -0.142. The molecule has 2 atom stereocenters. The van der Waals surface area contributed by atoms with E-state index in [9.17, 15) is 14.4 Å². The van der Waals surface area contributed by atoms with E-state index in [-0.39, 0.29) is 36.1 Å². The zero-order valence-corrected chi connectivity index (χ0v) is 16.0. The summed E-state index contributed by atoms with van der Waals surface area (Å²) in [5, 5.41) is 5.37. The second-order valence-electron chi connectivity index (χ2n) is 7.46. The highest BCUT2D eigenvalue weighted by atomic mass is 32.1. The number of imide groups is 1. The molecule has 28 heavy (non-hydrogen) atoms. The van der Waals surface area contributed by atoms with Gasteiger partial charge in [-0.05, 0) is 24.3 Å². The van der Waals surface area contributed by atoms with Gasteiger partial charge in [0.25, 0.3) is 0 Å². The molecule has 2 heterocycles. The maximum absolute atomic E-state index is 12.5. The third-order valence-electron chi connectivity index (χ3n) is 5.76. The van der Waals surface area contributed by atoms with Crippen LogP contribution in [-0.2, 0) is 14.4 Å². The van der Waals surface area contributed by atoms with Gasteiger partial charge in [-0.25, -0.2) is 4.98 Å². The first-order valence-corrected chi connectivity index (χ1v) is 10.4. The second kappa shape index (κ2) is 6.67. The number of carbonyl (C=O) groups is 3. The van der Waals surface area contributed by atoms with Gasteiger partial charge >= 0.3 is 0 Å². The predicted molar refractivity (Wildman–Crippen MR) is 108 cm³/mol. The van der Waals surface area contributed by atoms with Crippen LogP contribution in [0.15, 0.2) is 36.4 Å². The van der Waals surface area contributed by atoms with Crippen molar-refractivity contribution in [3.63, 3.8) is 0 Å². The maximum Gasteiger partial charge on any atom is 0.246 e. The van der Waals surface area contributed by atoms with Crippen molar-refractivity contribution in [2.75, 3.05) is 11.9 Å². The molecule has 142 valence electrons. The molecule has 6 nitrogen and oxygen atoms in total. The third kappa shape index (κ3) is 2.77. The fraction of sp³-hybridized carbons (Fsp3) is 0.333. The van der Waals surface area contributed by atoms with Gasteiger partial charge in [0.1, 0.15) is 6.54 Å². The van der Waals surface area contributed by atoms with Crippen LogP contribution in [-0.4, -0.2) is 34.2 Å². The fourth-order valence-corrected chi connectivity index (χ4v) is 5.30. The van der Waals surface area contributed by atoms with Crippen molar-refractivity contribution in [1.29, 1.82) is 0 Å². The molecule has 2 aliphatic rings. The van der Waals surface area contributed by atoms with Gasteiger partial charge in [0, 0.05) is 5.39 Å². The van der Waals surface area contributed by atoms with Crippen LogP contribution in [0.4, 0.5) is 5.13 Å². The van der Waals surface area contributed by atoms with Crippen molar-refractivity contribution in [2.45, 2.75) is 25.7 Å². The van der Waals surface area contributed by atoms with E-state index in [0.29, 0.717) is 5.13 Å². The number of nitrogens with one attached hydrogen (secondary N) is 1. The summed E-state index contributed by atoms with van der Waals surface area (Å²) in [6, 6.07) is 12.0. The van der Waals surface area contributed by atoms with Gasteiger partial charge < -0.3 is 5.32 Å². The predicted octanol–water partition coefficient (Wildman–Crippen LogP) is 3.56. The molecule has 0 spiro atoms. The van der Waals surface area contributed by atoms with Gasteiger partial charge in [-0.3, -0.25) is 19.3 Å². The molecule has 1 aromatic heterocycles. The first kappa shape index (κ1) is 17.3. The van der Waals surface area contributed by atoms with Gasteiger partial charge in [-0.2, -0.15) is 0 Å². The summed E-state index contributed by atoms with van der Waals surface area (Å²) in [6.07, 6.45) is 3.44. The molecule has 2 fully saturated rings. The summed E-state index contributed by atoms with van der Waals surface area (Å²) in [4.78, 5) is 43.3. The lowest BCUT2D eigenvalue weighted by atomic mass is 9.81. The Morgan fingerprint density at radius 1 is 1.07 bits per heavy atom. The number of carbonyl (C=O) groups excluding carboxylic acids is 3. The summed E-state index contributed by atoms with van der Waals surface area (Å²) in [5.41, 5.74) is 0.845. The Morgan fingerprint density at radius 2 is 1.79 bits per heavy atom. The molecule has 2 aromatic carbocycles. The number of amides is 3. The van der Waals surface area contributed by atoms with Crippen molar-refractivity contribution < 1.29 is 14.4 Å². The number of hydrogen-bond donors (Lipinski definition) is 1. The standard InChI is InChI=1S/C21H19N3O3S/c25-17(11-24-19(26)14-7-3-4-8-15(14)20(24)27)22-21-23-18-13-6-2-1-5-12(13)9-10-16(18)28-21/h1-2,5-6,9-10,14-15H,3-4,7-8,11H2,(H,22,23,25)/t14-,15+. The van der Waals surface area contributed by atoms with Crippen molar-refractivity contribution in [2.24, 2.45) is 11.8 Å². The quantitative estimate of drug-likeness (QED) is 0.690. The maximum atomic E-state index is 12.5. The molecule has 5 rings (SSSR count). The molecular weight excluding hydrogens is 374 g/mol. The van der Waals surface area contributed by atoms with E-state index in [4.69, 9.17) is 0 Å². The summed E-state index contributed by atoms with van der Waals surface area (Å²) in [7, 11) is 0. The Labute approximate surface area is 165 Å². The molecule has 1 aliphatic heterocycles. The molecule has 3 aromatic rings. The number of rotatable bonds is 3. The highest BCUT2D eigenvalue weighted by Gasteiger charge is 2.48. The number of nitrogens with zero attached hydrogens (tertiary/aromatic N) is 2. The van der Waals surface area contributed by atoms with Crippen molar-refractivity contribution in [3.8, 4) is 0 Å². The molecule has 0 unspecified atom stereocenters. The number of thiazole rings is 1. The number of hydrogen-bond acceptors (Lipinski definition) is 5. The summed E-state index contributed by atoms with van der Waals surface area (Å²) in [6.45, 7) is -0.235. The third-order valence-corrected chi connectivity index (χ3v) is 6.70. The van der Waals surface area contributed by atoms with Crippen LogP contribution in [0.5, 0.6) is 0 Å². The highest BCUT2D eigenvalue weighted by molar-refractivity contribution is 7.22.